The van der Waals surface area contributed by atoms with Crippen LogP contribution in [0, 0.1) is 5.41 Å². The fraction of sp³-hybridized carbons (Fsp3) is 0.308. The summed E-state index contributed by atoms with van der Waals surface area (Å²) >= 11 is 6.64. The molecule has 2 aromatic heterocycles. The lowest BCUT2D eigenvalue weighted by Gasteiger charge is -2.20. The molecular formula is C26H26ClF3N8O2. The molecule has 1 aromatic carbocycles. The lowest BCUT2D eigenvalue weighted by Crippen LogP contribution is -2.30. The van der Waals surface area contributed by atoms with Gasteiger partial charge in [-0.15, -0.1) is 0 Å². The number of likely N-dealkylation sites (N-methyl/N-ethyl adjacent to an activating group) is 1. The number of ether oxygens (including phenoxy) is 2. The van der Waals surface area contributed by atoms with Gasteiger partial charge in [0.1, 0.15) is 28.6 Å². The molecule has 0 unspecified atom stereocenters. The first-order valence-corrected chi connectivity index (χ1v) is 12.7. The van der Waals surface area contributed by atoms with Gasteiger partial charge in [-0.2, -0.15) is 18.2 Å². The van der Waals surface area contributed by atoms with Crippen molar-refractivity contribution in [3.05, 3.63) is 58.8 Å². The molecule has 4 heterocycles. The molecule has 210 valence electrons. The number of hydrogen-bond acceptors (Lipinski definition) is 9. The van der Waals surface area contributed by atoms with Gasteiger partial charge < -0.3 is 35.0 Å². The highest BCUT2D eigenvalue weighted by atomic mass is 35.5. The van der Waals surface area contributed by atoms with Crippen molar-refractivity contribution < 1.29 is 22.6 Å². The lowest BCUT2D eigenvalue weighted by molar-refractivity contribution is -0.137. The summed E-state index contributed by atoms with van der Waals surface area (Å²) in [6, 6.07) is 3.64. The third kappa shape index (κ3) is 5.75. The number of nitrogens with one attached hydrogen (secondary N) is 3. The number of aliphatic imine (C=N–C) groups is 1. The second kappa shape index (κ2) is 11.2. The monoisotopic (exact) mass is 574 g/mol. The standard InChI is InChI=1S/C26H26ClF3N8O2/c1-37-7-3-4-17(37)14-39-18-9-15(26(28,29)30)8-16(10-18)35-25-36-24-23(38(25)2)22(27)21(13-34-24)40-20(11-31)19-12-32-5-6-33-19/h5-6,8-13,17,31,33H,3-4,7,14H2,1-2H3,(H,34,35,36)/b20-19+,31-11?/t17-/m1/s1. The van der Waals surface area contributed by atoms with Crippen LogP contribution in [0.3, 0.4) is 0 Å². The zero-order valence-corrected chi connectivity index (χ0v) is 22.3. The first kappa shape index (κ1) is 27.5. The van der Waals surface area contributed by atoms with Gasteiger partial charge in [-0.25, -0.2) is 4.98 Å². The van der Waals surface area contributed by atoms with Crippen LogP contribution < -0.4 is 20.1 Å². The van der Waals surface area contributed by atoms with Gasteiger partial charge >= 0.3 is 6.18 Å². The van der Waals surface area contributed by atoms with Crippen LogP contribution in [0.1, 0.15) is 18.4 Å². The molecule has 0 aliphatic carbocycles. The van der Waals surface area contributed by atoms with E-state index in [1.54, 1.807) is 24.0 Å². The highest BCUT2D eigenvalue weighted by molar-refractivity contribution is 6.36. The molecule has 40 heavy (non-hydrogen) atoms. The molecule has 0 amide bonds. The summed E-state index contributed by atoms with van der Waals surface area (Å²) < 4.78 is 54.3. The Morgan fingerprint density at radius 2 is 2.12 bits per heavy atom. The van der Waals surface area contributed by atoms with Crippen LogP contribution in [0.5, 0.6) is 11.5 Å². The number of alkyl halides is 3. The number of imidazole rings is 1. The molecular weight excluding hydrogens is 549 g/mol. The van der Waals surface area contributed by atoms with Crippen LogP contribution >= 0.6 is 11.6 Å². The molecule has 0 saturated carbocycles. The molecule has 2 aliphatic heterocycles. The van der Waals surface area contributed by atoms with E-state index >= 15 is 0 Å². The van der Waals surface area contributed by atoms with Gasteiger partial charge in [0.05, 0.1) is 24.2 Å². The normalized spacial score (nSPS) is 18.6. The van der Waals surface area contributed by atoms with E-state index < -0.39 is 11.7 Å². The van der Waals surface area contributed by atoms with E-state index in [1.165, 1.54) is 18.5 Å². The summed E-state index contributed by atoms with van der Waals surface area (Å²) in [4.78, 5) is 14.8. The topological polar surface area (TPSA) is 113 Å². The van der Waals surface area contributed by atoms with Crippen LogP contribution in [-0.4, -0.2) is 58.1 Å². The summed E-state index contributed by atoms with van der Waals surface area (Å²) in [6.45, 7) is 1.22. The molecule has 1 atom stereocenters. The van der Waals surface area contributed by atoms with Crippen molar-refractivity contribution in [3.8, 4) is 11.5 Å². The third-order valence-electron chi connectivity index (χ3n) is 6.63. The fourth-order valence-corrected chi connectivity index (χ4v) is 4.76. The maximum absolute atomic E-state index is 13.7. The van der Waals surface area contributed by atoms with Crippen molar-refractivity contribution in [2.45, 2.75) is 25.1 Å². The van der Waals surface area contributed by atoms with Gasteiger partial charge in [-0.1, -0.05) is 11.6 Å². The van der Waals surface area contributed by atoms with E-state index in [4.69, 9.17) is 26.5 Å². The van der Waals surface area contributed by atoms with Crippen LogP contribution in [-0.2, 0) is 13.2 Å². The zero-order valence-electron chi connectivity index (χ0n) is 21.6. The number of halogens is 4. The van der Waals surface area contributed by atoms with Gasteiger partial charge in [-0.3, -0.25) is 4.99 Å². The number of pyridine rings is 1. The number of fused-ring (bicyclic) bond motifs is 1. The maximum Gasteiger partial charge on any atom is 0.416 e. The Hall–Kier alpha value is -4.10. The highest BCUT2D eigenvalue weighted by Gasteiger charge is 2.32. The SMILES string of the molecule is CN1CCC[C@@H]1COc1cc(Nc2nc3ncc(O/C(C=N)=C4\C=NC=CN4)c(Cl)c3n2C)cc(C(F)(F)F)c1. The first-order valence-electron chi connectivity index (χ1n) is 12.3. The smallest absolute Gasteiger partial charge is 0.416 e. The summed E-state index contributed by atoms with van der Waals surface area (Å²) in [5.41, 5.74) is 0.374. The van der Waals surface area contributed by atoms with Gasteiger partial charge in [0.2, 0.25) is 5.95 Å². The van der Waals surface area contributed by atoms with E-state index in [1.807, 2.05) is 7.05 Å². The molecule has 0 spiro atoms. The largest absolute Gasteiger partial charge is 0.492 e. The summed E-state index contributed by atoms with van der Waals surface area (Å²) in [7, 11) is 3.62. The first-order chi connectivity index (χ1) is 19.1. The predicted molar refractivity (Wildman–Crippen MR) is 147 cm³/mol. The van der Waals surface area contributed by atoms with E-state index in [9.17, 15) is 13.2 Å². The van der Waals surface area contributed by atoms with E-state index in [2.05, 4.69) is 30.5 Å². The molecule has 0 bridgehead atoms. The minimum absolute atomic E-state index is 0.102. The van der Waals surface area contributed by atoms with Crippen molar-refractivity contribution in [1.82, 2.24) is 24.8 Å². The van der Waals surface area contributed by atoms with Crippen LogP contribution in [0.15, 0.2) is 53.2 Å². The maximum atomic E-state index is 13.7. The van der Waals surface area contributed by atoms with Crippen molar-refractivity contribution in [2.75, 3.05) is 25.5 Å². The quantitative estimate of drug-likeness (QED) is 0.249. The lowest BCUT2D eigenvalue weighted by atomic mass is 10.1. The Balaban J connectivity index is 1.43. The Morgan fingerprint density at radius 1 is 1.30 bits per heavy atom. The Labute approximate surface area is 232 Å². The number of aryl methyl sites for hydroxylation is 1. The number of anilines is 2. The number of likely N-dealkylation sites (tertiary alicyclic amines) is 1. The van der Waals surface area contributed by atoms with Crippen molar-refractivity contribution in [1.29, 1.82) is 5.41 Å². The molecule has 2 aliphatic rings. The Morgan fingerprint density at radius 3 is 2.80 bits per heavy atom. The molecule has 10 nitrogen and oxygen atoms in total. The molecule has 3 aromatic rings. The van der Waals surface area contributed by atoms with E-state index in [-0.39, 0.29) is 52.2 Å². The molecule has 0 radical (unpaired) electrons. The fourth-order valence-electron chi connectivity index (χ4n) is 4.47. The van der Waals surface area contributed by atoms with Crippen LogP contribution in [0.4, 0.5) is 24.8 Å². The van der Waals surface area contributed by atoms with Crippen molar-refractivity contribution in [2.24, 2.45) is 12.0 Å². The number of rotatable bonds is 8. The van der Waals surface area contributed by atoms with Crippen molar-refractivity contribution >= 4 is 46.8 Å². The van der Waals surface area contributed by atoms with Gasteiger partial charge in [0, 0.05) is 37.2 Å². The number of allylic oxidation sites excluding steroid dienone is 2. The second-order valence-corrected chi connectivity index (χ2v) is 9.70. The van der Waals surface area contributed by atoms with E-state index in [0.29, 0.717) is 11.2 Å². The molecule has 3 N–H and O–H groups in total. The molecule has 5 rings (SSSR count). The second-order valence-electron chi connectivity index (χ2n) is 9.32. The van der Waals surface area contributed by atoms with E-state index in [0.717, 1.165) is 37.7 Å². The summed E-state index contributed by atoms with van der Waals surface area (Å²) in [5, 5.41) is 13.7. The average molecular weight is 575 g/mol. The summed E-state index contributed by atoms with van der Waals surface area (Å²) in [5.74, 6) is 0.618. The Bertz CT molecular complexity index is 1530. The number of hydrogen-bond donors (Lipinski definition) is 3. The molecule has 14 heteroatoms. The minimum Gasteiger partial charge on any atom is -0.492 e. The number of nitrogens with zero attached hydrogens (tertiary/aromatic N) is 5. The van der Waals surface area contributed by atoms with Gasteiger partial charge in [0.25, 0.3) is 0 Å². The highest BCUT2D eigenvalue weighted by Crippen LogP contribution is 2.37. The summed E-state index contributed by atoms with van der Waals surface area (Å²) in [6.07, 6.45) is 4.37. The average Bonchev–Trinajstić information content (AvgIpc) is 3.49. The minimum atomic E-state index is -4.57. The number of benzene rings is 1. The van der Waals surface area contributed by atoms with Crippen LogP contribution in [0.25, 0.3) is 11.2 Å². The molecule has 1 saturated heterocycles. The van der Waals surface area contributed by atoms with Gasteiger partial charge in [-0.05, 0) is 38.6 Å². The Kier molecular flexibility index (Phi) is 7.68. The van der Waals surface area contributed by atoms with Crippen LogP contribution in [0.2, 0.25) is 5.02 Å². The number of aromatic nitrogens is 3. The zero-order chi connectivity index (χ0) is 28.4. The molecule has 1 fully saturated rings. The van der Waals surface area contributed by atoms with Crippen molar-refractivity contribution in [3.63, 3.8) is 0 Å². The van der Waals surface area contributed by atoms with Gasteiger partial charge in [0.15, 0.2) is 17.2 Å². The third-order valence-corrected chi connectivity index (χ3v) is 6.99. The predicted octanol–water partition coefficient (Wildman–Crippen LogP) is 5.24.